The van der Waals surface area contributed by atoms with Crippen molar-refractivity contribution in [3.8, 4) is 5.69 Å². The van der Waals surface area contributed by atoms with Crippen LogP contribution in [0.5, 0.6) is 0 Å². The minimum atomic E-state index is 0.0392. The van der Waals surface area contributed by atoms with Gasteiger partial charge >= 0.3 is 0 Å². The van der Waals surface area contributed by atoms with Crippen LogP contribution in [0, 0.1) is 0 Å². The Labute approximate surface area is 128 Å². The number of rotatable bonds is 6. The van der Waals surface area contributed by atoms with Gasteiger partial charge in [0.15, 0.2) is 0 Å². The van der Waals surface area contributed by atoms with Crippen LogP contribution in [0.25, 0.3) is 5.69 Å². The lowest BCUT2D eigenvalue weighted by Gasteiger charge is -2.12. The van der Waals surface area contributed by atoms with Gasteiger partial charge in [-0.2, -0.15) is 0 Å². The summed E-state index contributed by atoms with van der Waals surface area (Å²) in [5.74, 6) is 0. The molecule has 3 nitrogen and oxygen atoms in total. The molecule has 2 aromatic rings. The highest BCUT2D eigenvalue weighted by Crippen LogP contribution is 2.20. The summed E-state index contributed by atoms with van der Waals surface area (Å²) in [5.41, 5.74) is 3.55. The molecule has 2 rings (SSSR count). The lowest BCUT2D eigenvalue weighted by atomic mass is 9.93. The van der Waals surface area contributed by atoms with Crippen molar-refractivity contribution in [2.24, 2.45) is 0 Å². The van der Waals surface area contributed by atoms with Crippen LogP contribution < -0.4 is 0 Å². The summed E-state index contributed by atoms with van der Waals surface area (Å²) in [6, 6.07) is 8.69. The zero-order valence-electron chi connectivity index (χ0n) is 13.8. The predicted octanol–water partition coefficient (Wildman–Crippen LogP) is 4.69. The standard InChI is InChI=1S/C18H27N3/c1-5-6-7-8-9-15-10-12-16(13-11-15)21-14-17(19-20-21)18(2,3)4/h10-14H,5-9H2,1-4H3. The average molecular weight is 285 g/mol. The van der Waals surface area contributed by atoms with E-state index in [1.807, 2.05) is 10.9 Å². The Bertz CT molecular complexity index is 547. The normalized spacial score (nSPS) is 11.8. The fourth-order valence-electron chi connectivity index (χ4n) is 2.30. The predicted molar refractivity (Wildman–Crippen MR) is 87.9 cm³/mol. The minimum Gasteiger partial charge on any atom is -0.220 e. The first kappa shape index (κ1) is 15.7. The molecule has 1 aromatic heterocycles. The zero-order chi connectivity index (χ0) is 15.3. The Hall–Kier alpha value is -1.64. The first-order valence-corrected chi connectivity index (χ1v) is 8.03. The summed E-state index contributed by atoms with van der Waals surface area (Å²) >= 11 is 0. The van der Waals surface area contributed by atoms with Crippen molar-refractivity contribution in [1.82, 2.24) is 15.0 Å². The maximum Gasteiger partial charge on any atom is 0.0885 e. The van der Waals surface area contributed by atoms with Gasteiger partial charge in [0, 0.05) is 5.41 Å². The maximum atomic E-state index is 4.27. The number of benzene rings is 1. The first-order chi connectivity index (χ1) is 10.0. The average Bonchev–Trinajstić information content (AvgIpc) is 2.94. The second kappa shape index (κ2) is 6.88. The second-order valence-corrected chi connectivity index (χ2v) is 6.78. The summed E-state index contributed by atoms with van der Waals surface area (Å²) in [5, 5.41) is 8.51. The van der Waals surface area contributed by atoms with E-state index in [2.05, 4.69) is 62.3 Å². The SMILES string of the molecule is CCCCCCc1ccc(-n2cc(C(C)(C)C)nn2)cc1. The van der Waals surface area contributed by atoms with E-state index >= 15 is 0 Å². The van der Waals surface area contributed by atoms with E-state index in [9.17, 15) is 0 Å². The summed E-state index contributed by atoms with van der Waals surface area (Å²) < 4.78 is 1.86. The van der Waals surface area contributed by atoms with Crippen LogP contribution in [0.1, 0.15) is 64.6 Å². The van der Waals surface area contributed by atoms with Crippen molar-refractivity contribution in [2.45, 2.75) is 65.2 Å². The summed E-state index contributed by atoms with van der Waals surface area (Å²) in [6.45, 7) is 8.71. The van der Waals surface area contributed by atoms with Crippen LogP contribution in [0.15, 0.2) is 30.5 Å². The van der Waals surface area contributed by atoms with Crippen molar-refractivity contribution in [2.75, 3.05) is 0 Å². The molecule has 0 aliphatic carbocycles. The molecule has 0 saturated carbocycles. The molecule has 0 bridgehead atoms. The zero-order valence-corrected chi connectivity index (χ0v) is 13.8. The lowest BCUT2D eigenvalue weighted by Crippen LogP contribution is -2.11. The molecule has 1 heterocycles. The fourth-order valence-corrected chi connectivity index (χ4v) is 2.30. The molecule has 0 unspecified atom stereocenters. The molecule has 1 aromatic carbocycles. The lowest BCUT2D eigenvalue weighted by molar-refractivity contribution is 0.566. The largest absolute Gasteiger partial charge is 0.220 e. The van der Waals surface area contributed by atoms with Crippen molar-refractivity contribution in [1.29, 1.82) is 0 Å². The van der Waals surface area contributed by atoms with Gasteiger partial charge in [-0.3, -0.25) is 0 Å². The van der Waals surface area contributed by atoms with Crippen molar-refractivity contribution >= 4 is 0 Å². The van der Waals surface area contributed by atoms with Gasteiger partial charge in [0.25, 0.3) is 0 Å². The van der Waals surface area contributed by atoms with Gasteiger partial charge in [-0.1, -0.05) is 64.3 Å². The second-order valence-electron chi connectivity index (χ2n) is 6.78. The topological polar surface area (TPSA) is 30.7 Å². The summed E-state index contributed by atoms with van der Waals surface area (Å²) in [6.07, 6.45) is 8.44. The van der Waals surface area contributed by atoms with Crippen LogP contribution in [0.4, 0.5) is 0 Å². The Morgan fingerprint density at radius 3 is 2.29 bits per heavy atom. The molecule has 0 radical (unpaired) electrons. The Kier molecular flexibility index (Phi) is 5.16. The number of aromatic nitrogens is 3. The smallest absolute Gasteiger partial charge is 0.0885 e. The minimum absolute atomic E-state index is 0.0392. The highest BCUT2D eigenvalue weighted by atomic mass is 15.4. The van der Waals surface area contributed by atoms with Crippen molar-refractivity contribution in [3.63, 3.8) is 0 Å². The number of nitrogens with zero attached hydrogens (tertiary/aromatic N) is 3. The molecular formula is C18H27N3. The van der Waals surface area contributed by atoms with Gasteiger partial charge in [-0.05, 0) is 30.5 Å². The first-order valence-electron chi connectivity index (χ1n) is 8.03. The quantitative estimate of drug-likeness (QED) is 0.721. The molecular weight excluding hydrogens is 258 g/mol. The third kappa shape index (κ3) is 4.42. The van der Waals surface area contributed by atoms with Crippen LogP contribution in [-0.2, 0) is 11.8 Å². The van der Waals surface area contributed by atoms with E-state index in [1.165, 1.54) is 37.7 Å². The van der Waals surface area contributed by atoms with Gasteiger partial charge in [0.1, 0.15) is 0 Å². The van der Waals surface area contributed by atoms with E-state index in [0.717, 1.165) is 11.4 Å². The van der Waals surface area contributed by atoms with Crippen LogP contribution in [0.3, 0.4) is 0 Å². The van der Waals surface area contributed by atoms with E-state index < -0.39 is 0 Å². The third-order valence-electron chi connectivity index (χ3n) is 3.78. The molecule has 0 aliphatic rings. The third-order valence-corrected chi connectivity index (χ3v) is 3.78. The number of aryl methyl sites for hydroxylation is 1. The summed E-state index contributed by atoms with van der Waals surface area (Å²) in [7, 11) is 0. The number of hydrogen-bond donors (Lipinski definition) is 0. The van der Waals surface area contributed by atoms with Crippen molar-refractivity contribution < 1.29 is 0 Å². The van der Waals surface area contributed by atoms with Crippen LogP contribution >= 0.6 is 0 Å². The Morgan fingerprint density at radius 1 is 1.00 bits per heavy atom. The van der Waals surface area contributed by atoms with E-state index in [0.29, 0.717) is 0 Å². The fraction of sp³-hybridized carbons (Fsp3) is 0.556. The highest BCUT2D eigenvalue weighted by Gasteiger charge is 2.18. The Morgan fingerprint density at radius 2 is 1.71 bits per heavy atom. The highest BCUT2D eigenvalue weighted by molar-refractivity contribution is 5.34. The van der Waals surface area contributed by atoms with E-state index in [-0.39, 0.29) is 5.41 Å². The van der Waals surface area contributed by atoms with Crippen LogP contribution in [0.2, 0.25) is 0 Å². The van der Waals surface area contributed by atoms with Gasteiger partial charge in [-0.15, -0.1) is 5.10 Å². The van der Waals surface area contributed by atoms with Crippen molar-refractivity contribution in [3.05, 3.63) is 41.7 Å². The Balaban J connectivity index is 2.00. The number of hydrogen-bond acceptors (Lipinski definition) is 2. The van der Waals surface area contributed by atoms with Gasteiger partial charge in [0.2, 0.25) is 0 Å². The van der Waals surface area contributed by atoms with E-state index in [1.54, 1.807) is 0 Å². The molecule has 0 fully saturated rings. The van der Waals surface area contributed by atoms with Gasteiger partial charge < -0.3 is 0 Å². The van der Waals surface area contributed by atoms with Gasteiger partial charge in [-0.25, -0.2) is 4.68 Å². The molecule has 0 aliphatic heterocycles. The number of unbranched alkanes of at least 4 members (excludes halogenated alkanes) is 3. The molecule has 0 saturated heterocycles. The molecule has 0 atom stereocenters. The summed E-state index contributed by atoms with van der Waals surface area (Å²) in [4.78, 5) is 0. The molecule has 0 amide bonds. The molecule has 3 heteroatoms. The molecule has 21 heavy (non-hydrogen) atoms. The monoisotopic (exact) mass is 285 g/mol. The molecule has 114 valence electrons. The molecule has 0 spiro atoms. The van der Waals surface area contributed by atoms with Gasteiger partial charge in [0.05, 0.1) is 17.6 Å². The molecule has 0 N–H and O–H groups in total. The maximum absolute atomic E-state index is 4.27. The van der Waals surface area contributed by atoms with Crippen LogP contribution in [-0.4, -0.2) is 15.0 Å². The van der Waals surface area contributed by atoms with E-state index in [4.69, 9.17) is 0 Å².